The van der Waals surface area contributed by atoms with Gasteiger partial charge in [0.1, 0.15) is 0 Å². The van der Waals surface area contributed by atoms with Crippen LogP contribution in [-0.4, -0.2) is 30.6 Å². The van der Waals surface area contributed by atoms with Gasteiger partial charge in [0.2, 0.25) is 0 Å². The molecular formula is C15H24N2. The maximum Gasteiger partial charge on any atom is 0.0324 e. The summed E-state index contributed by atoms with van der Waals surface area (Å²) in [7, 11) is 2.17. The average Bonchev–Trinajstić information content (AvgIpc) is 2.29. The first-order chi connectivity index (χ1) is 8.11. The number of nitrogens with zero attached hydrogens (tertiary/aromatic N) is 1. The SMILES string of the molecule is CCc1ccc(CC2(N)CCCN(C)C2)cc1. The molecule has 2 heteroatoms. The predicted molar refractivity (Wildman–Crippen MR) is 73.2 cm³/mol. The molecule has 1 unspecified atom stereocenters. The van der Waals surface area contributed by atoms with E-state index < -0.39 is 0 Å². The quantitative estimate of drug-likeness (QED) is 0.866. The molecule has 1 aromatic rings. The van der Waals surface area contributed by atoms with E-state index in [4.69, 9.17) is 5.73 Å². The summed E-state index contributed by atoms with van der Waals surface area (Å²) >= 11 is 0. The molecule has 0 amide bonds. The van der Waals surface area contributed by atoms with Crippen LogP contribution in [0.4, 0.5) is 0 Å². The molecular weight excluding hydrogens is 208 g/mol. The van der Waals surface area contributed by atoms with Gasteiger partial charge in [-0.15, -0.1) is 0 Å². The van der Waals surface area contributed by atoms with Crippen molar-refractivity contribution < 1.29 is 0 Å². The van der Waals surface area contributed by atoms with Gasteiger partial charge in [0, 0.05) is 12.1 Å². The summed E-state index contributed by atoms with van der Waals surface area (Å²) in [5.74, 6) is 0. The summed E-state index contributed by atoms with van der Waals surface area (Å²) in [6, 6.07) is 8.93. The van der Waals surface area contributed by atoms with Crippen LogP contribution in [-0.2, 0) is 12.8 Å². The van der Waals surface area contributed by atoms with E-state index in [0.29, 0.717) is 0 Å². The van der Waals surface area contributed by atoms with Gasteiger partial charge in [-0.05, 0) is 50.4 Å². The lowest BCUT2D eigenvalue weighted by atomic mass is 9.84. The molecule has 0 spiro atoms. The van der Waals surface area contributed by atoms with E-state index in [-0.39, 0.29) is 5.54 Å². The Morgan fingerprint density at radius 2 is 1.88 bits per heavy atom. The molecule has 1 aliphatic rings. The Kier molecular flexibility index (Phi) is 3.85. The van der Waals surface area contributed by atoms with Gasteiger partial charge in [-0.1, -0.05) is 31.2 Å². The number of hydrogen-bond donors (Lipinski definition) is 1. The number of nitrogens with two attached hydrogens (primary N) is 1. The van der Waals surface area contributed by atoms with E-state index >= 15 is 0 Å². The highest BCUT2D eigenvalue weighted by molar-refractivity contribution is 5.24. The Morgan fingerprint density at radius 3 is 2.47 bits per heavy atom. The number of piperidine rings is 1. The minimum Gasteiger partial charge on any atom is -0.324 e. The second-order valence-electron chi connectivity index (χ2n) is 5.55. The Labute approximate surface area is 105 Å². The van der Waals surface area contributed by atoms with E-state index in [1.807, 2.05) is 0 Å². The molecule has 1 saturated heterocycles. The van der Waals surface area contributed by atoms with Crippen LogP contribution in [0.25, 0.3) is 0 Å². The highest BCUT2D eigenvalue weighted by atomic mass is 15.1. The van der Waals surface area contributed by atoms with Gasteiger partial charge in [-0.3, -0.25) is 0 Å². The third kappa shape index (κ3) is 3.30. The molecule has 0 radical (unpaired) electrons. The largest absolute Gasteiger partial charge is 0.324 e. The molecule has 1 aromatic carbocycles. The molecule has 2 rings (SSSR count). The minimum absolute atomic E-state index is 0.0271. The van der Waals surface area contributed by atoms with Crippen LogP contribution in [0.1, 0.15) is 30.9 Å². The predicted octanol–water partition coefficient (Wildman–Crippen LogP) is 2.21. The van der Waals surface area contributed by atoms with Crippen molar-refractivity contribution in [1.82, 2.24) is 4.90 Å². The van der Waals surface area contributed by atoms with Crippen molar-refractivity contribution in [3.05, 3.63) is 35.4 Å². The van der Waals surface area contributed by atoms with Gasteiger partial charge >= 0.3 is 0 Å². The lowest BCUT2D eigenvalue weighted by Crippen LogP contribution is -2.54. The van der Waals surface area contributed by atoms with Gasteiger partial charge in [0.25, 0.3) is 0 Å². The molecule has 0 saturated carbocycles. The molecule has 1 fully saturated rings. The normalized spacial score (nSPS) is 26.1. The van der Waals surface area contributed by atoms with Gasteiger partial charge in [-0.25, -0.2) is 0 Å². The number of hydrogen-bond acceptors (Lipinski definition) is 2. The number of likely N-dealkylation sites (N-methyl/N-ethyl adjacent to an activating group) is 1. The van der Waals surface area contributed by atoms with E-state index in [1.54, 1.807) is 0 Å². The number of likely N-dealkylation sites (tertiary alicyclic amines) is 1. The Hall–Kier alpha value is -0.860. The van der Waals surface area contributed by atoms with Crippen LogP contribution in [0.5, 0.6) is 0 Å². The molecule has 2 nitrogen and oxygen atoms in total. The highest BCUT2D eigenvalue weighted by Crippen LogP contribution is 2.22. The number of aryl methyl sites for hydroxylation is 1. The Morgan fingerprint density at radius 1 is 1.24 bits per heavy atom. The van der Waals surface area contributed by atoms with Gasteiger partial charge < -0.3 is 10.6 Å². The molecule has 1 aliphatic heterocycles. The van der Waals surface area contributed by atoms with Crippen LogP contribution in [0, 0.1) is 0 Å². The summed E-state index contributed by atoms with van der Waals surface area (Å²) in [6.45, 7) is 4.39. The average molecular weight is 232 g/mol. The first-order valence-electron chi connectivity index (χ1n) is 6.66. The monoisotopic (exact) mass is 232 g/mol. The lowest BCUT2D eigenvalue weighted by molar-refractivity contribution is 0.178. The van der Waals surface area contributed by atoms with Crippen molar-refractivity contribution in [3.8, 4) is 0 Å². The van der Waals surface area contributed by atoms with Crippen LogP contribution >= 0.6 is 0 Å². The number of benzene rings is 1. The van der Waals surface area contributed by atoms with Crippen LogP contribution < -0.4 is 5.73 Å². The fraction of sp³-hybridized carbons (Fsp3) is 0.600. The second-order valence-corrected chi connectivity index (χ2v) is 5.55. The third-order valence-corrected chi connectivity index (χ3v) is 3.79. The maximum absolute atomic E-state index is 6.51. The molecule has 2 N–H and O–H groups in total. The smallest absolute Gasteiger partial charge is 0.0324 e. The first-order valence-corrected chi connectivity index (χ1v) is 6.66. The zero-order valence-corrected chi connectivity index (χ0v) is 11.1. The standard InChI is InChI=1S/C15H24N2/c1-3-13-5-7-14(8-6-13)11-15(16)9-4-10-17(2)12-15/h5-8H,3-4,9-12,16H2,1-2H3. The van der Waals surface area contributed by atoms with Crippen LogP contribution in [0.2, 0.25) is 0 Å². The fourth-order valence-corrected chi connectivity index (χ4v) is 2.84. The van der Waals surface area contributed by atoms with Crippen molar-refractivity contribution in [1.29, 1.82) is 0 Å². The van der Waals surface area contributed by atoms with Crippen molar-refractivity contribution in [2.75, 3.05) is 20.1 Å². The Bertz CT molecular complexity index is 358. The van der Waals surface area contributed by atoms with E-state index in [0.717, 1.165) is 25.8 Å². The number of rotatable bonds is 3. The molecule has 94 valence electrons. The molecule has 1 heterocycles. The summed E-state index contributed by atoms with van der Waals surface area (Å²) in [6.07, 6.45) is 4.48. The van der Waals surface area contributed by atoms with Crippen molar-refractivity contribution in [2.24, 2.45) is 5.73 Å². The summed E-state index contributed by atoms with van der Waals surface area (Å²) in [4.78, 5) is 2.35. The van der Waals surface area contributed by atoms with Gasteiger partial charge in [-0.2, -0.15) is 0 Å². The second kappa shape index (κ2) is 5.19. The van der Waals surface area contributed by atoms with E-state index in [2.05, 4.69) is 43.1 Å². The van der Waals surface area contributed by atoms with E-state index in [9.17, 15) is 0 Å². The minimum atomic E-state index is -0.0271. The highest BCUT2D eigenvalue weighted by Gasteiger charge is 2.30. The van der Waals surface area contributed by atoms with E-state index in [1.165, 1.54) is 24.1 Å². The topological polar surface area (TPSA) is 29.3 Å². The third-order valence-electron chi connectivity index (χ3n) is 3.79. The maximum atomic E-state index is 6.51. The first kappa shape index (κ1) is 12.6. The van der Waals surface area contributed by atoms with Crippen LogP contribution in [0.15, 0.2) is 24.3 Å². The van der Waals surface area contributed by atoms with Gasteiger partial charge in [0.05, 0.1) is 0 Å². The fourth-order valence-electron chi connectivity index (χ4n) is 2.84. The molecule has 0 bridgehead atoms. The van der Waals surface area contributed by atoms with Gasteiger partial charge in [0.15, 0.2) is 0 Å². The zero-order chi connectivity index (χ0) is 12.3. The molecule has 0 aliphatic carbocycles. The Balaban J connectivity index is 2.03. The summed E-state index contributed by atoms with van der Waals surface area (Å²) in [5.41, 5.74) is 9.26. The van der Waals surface area contributed by atoms with Crippen molar-refractivity contribution in [3.63, 3.8) is 0 Å². The van der Waals surface area contributed by atoms with Crippen LogP contribution in [0.3, 0.4) is 0 Å². The molecule has 1 atom stereocenters. The zero-order valence-electron chi connectivity index (χ0n) is 11.1. The lowest BCUT2D eigenvalue weighted by Gasteiger charge is -2.38. The summed E-state index contributed by atoms with van der Waals surface area (Å²) in [5, 5.41) is 0. The summed E-state index contributed by atoms with van der Waals surface area (Å²) < 4.78 is 0. The van der Waals surface area contributed by atoms with Crippen molar-refractivity contribution in [2.45, 2.75) is 38.1 Å². The molecule has 17 heavy (non-hydrogen) atoms. The molecule has 0 aromatic heterocycles. The van der Waals surface area contributed by atoms with Crippen molar-refractivity contribution >= 4 is 0 Å².